The first-order valence-corrected chi connectivity index (χ1v) is 3.79. The van der Waals surface area contributed by atoms with Crippen LogP contribution < -0.4 is 12.3 Å². The molecule has 0 aromatic heterocycles. The van der Waals surface area contributed by atoms with Crippen LogP contribution >= 0.6 is 0 Å². The van der Waals surface area contributed by atoms with Gasteiger partial charge in [0.2, 0.25) is 0 Å². The molecule has 0 bridgehead atoms. The van der Waals surface area contributed by atoms with Crippen molar-refractivity contribution in [2.45, 2.75) is 0 Å². The van der Waals surface area contributed by atoms with E-state index in [0.717, 1.165) is 0 Å². The van der Waals surface area contributed by atoms with Gasteiger partial charge in [-0.3, -0.25) is 0 Å². The van der Waals surface area contributed by atoms with Gasteiger partial charge in [-0.2, -0.15) is 0 Å². The fourth-order valence-corrected chi connectivity index (χ4v) is 0. The Bertz CT molecular complexity index is 53.7. The van der Waals surface area contributed by atoms with Crippen molar-refractivity contribution in [3.05, 3.63) is 0 Å². The van der Waals surface area contributed by atoms with E-state index in [4.69, 9.17) is 16.0 Å². The first-order chi connectivity index (χ1) is 2.00. The summed E-state index contributed by atoms with van der Waals surface area (Å²) in [5.41, 5.74) is 0. The maximum atomic E-state index is 8.61. The van der Waals surface area contributed by atoms with E-state index in [0.29, 0.717) is 0 Å². The Morgan fingerprint density at radius 3 is 1.17 bits per heavy atom. The molecule has 0 aromatic carbocycles. The van der Waals surface area contributed by atoms with Crippen molar-refractivity contribution in [3.63, 3.8) is 0 Å². The van der Waals surface area contributed by atoms with Crippen molar-refractivity contribution < 1.29 is 38.4 Å². The van der Waals surface area contributed by atoms with Gasteiger partial charge < -0.3 is 0 Å². The minimum absolute atomic E-state index is 0. The Morgan fingerprint density at radius 2 is 1.17 bits per heavy atom. The van der Waals surface area contributed by atoms with Crippen LogP contribution in [0.5, 0.6) is 0 Å². The summed E-state index contributed by atoms with van der Waals surface area (Å²) >= 11 is -5.88. The van der Waals surface area contributed by atoms with Crippen molar-refractivity contribution in [3.8, 4) is 0 Å². The Kier molecular flexibility index (Phi) is 5.10. The maximum absolute atomic E-state index is 8.61. The third-order valence-electron chi connectivity index (χ3n) is 0. The zero-order valence-electron chi connectivity index (χ0n) is 2.38. The topological polar surface area (TPSA) is 86.2 Å². The molecule has 6 heteroatoms. The molecule has 0 amide bonds. The van der Waals surface area contributed by atoms with Crippen LogP contribution in [0.25, 0.3) is 0 Å². The largest absolute Gasteiger partial charge is 3.00 e. The van der Waals surface area contributed by atoms with Gasteiger partial charge in [-0.15, -0.1) is 0 Å². The van der Waals surface area contributed by atoms with E-state index < -0.39 is 14.5 Å². The molecule has 0 aliphatic rings. The predicted octanol–water partition coefficient (Wildman–Crippen LogP) is -4.07. The normalized spacial score (nSPS) is 9.83. The van der Waals surface area contributed by atoms with Gasteiger partial charge in [-0.1, -0.05) is 0 Å². The first kappa shape index (κ1) is 10.1. The van der Waals surface area contributed by atoms with Crippen LogP contribution in [-0.4, -0.2) is 14.5 Å². The fraction of sp³-hybridized carbons (Fsp3) is 0. The van der Waals surface area contributed by atoms with E-state index in [2.05, 4.69) is 0 Å². The second-order valence-electron chi connectivity index (χ2n) is 0.447. The Hall–Kier alpha value is 0.979. The van der Waals surface area contributed by atoms with Gasteiger partial charge in [0.1, 0.15) is 0 Å². The fourth-order valence-electron chi connectivity index (χ4n) is 0. The van der Waals surface area contributed by atoms with Crippen LogP contribution in [0, 0.1) is 0 Å². The van der Waals surface area contributed by atoms with Gasteiger partial charge >= 0.3 is 52.9 Å². The minimum atomic E-state index is -5.88. The molecule has 0 aliphatic heterocycles. The smallest absolute Gasteiger partial charge is 3.00 e. The van der Waals surface area contributed by atoms with E-state index in [1.807, 2.05) is 0 Å². The second-order valence-corrected chi connectivity index (χ2v) is 2.32. The van der Waals surface area contributed by atoms with Gasteiger partial charge in [0.15, 0.2) is 0 Å². The molecule has 0 unspecified atom stereocenters. The molecule has 6 heavy (non-hydrogen) atoms. The zero-order chi connectivity index (χ0) is 4.50. The quantitative estimate of drug-likeness (QED) is 0.421. The number of rotatable bonds is 0. The molecule has 0 saturated heterocycles. The monoisotopic (exact) mass is 336 g/mol. The van der Waals surface area contributed by atoms with Crippen LogP contribution in [-0.2, 0) is 26.1 Å². The molecule has 0 radical (unpaired) electrons. The molecule has 0 saturated carbocycles. The van der Waals surface area contributed by atoms with Crippen molar-refractivity contribution in [2.75, 3.05) is 0 Å². The minimum Gasteiger partial charge on any atom is 3.00 e. The molecule has 0 fully saturated rings. The standard InChI is InChI=1S/AsH3O4.Au/c2-1(3,4)5;/h(H3,2,3,4,5);/q;+3/p-3. The average molecular weight is 336 g/mol. The van der Waals surface area contributed by atoms with Gasteiger partial charge in [-0.25, -0.2) is 0 Å². The van der Waals surface area contributed by atoms with E-state index in [9.17, 15) is 0 Å². The van der Waals surface area contributed by atoms with E-state index in [1.54, 1.807) is 0 Å². The molecule has 0 heterocycles. The number of hydrogen-bond donors (Lipinski definition) is 0. The van der Waals surface area contributed by atoms with Crippen LogP contribution in [0.3, 0.4) is 0 Å². The third kappa shape index (κ3) is 82.3. The molecule has 0 aromatic rings. The Labute approximate surface area is 53.0 Å². The van der Waals surface area contributed by atoms with Crippen LogP contribution in [0.4, 0.5) is 0 Å². The summed E-state index contributed by atoms with van der Waals surface area (Å²) in [4.78, 5) is 0. The molecule has 0 aliphatic carbocycles. The van der Waals surface area contributed by atoms with Gasteiger partial charge in [0.05, 0.1) is 0 Å². The van der Waals surface area contributed by atoms with Crippen molar-refractivity contribution in [1.82, 2.24) is 0 Å². The molecule has 0 N–H and O–H groups in total. The molecule has 0 spiro atoms. The molecule has 0 rings (SSSR count). The predicted molar refractivity (Wildman–Crippen MR) is 6.44 cm³/mol. The molecule has 40 valence electrons. The van der Waals surface area contributed by atoms with Crippen LogP contribution in [0.1, 0.15) is 0 Å². The summed E-state index contributed by atoms with van der Waals surface area (Å²) in [5, 5.41) is 0. The van der Waals surface area contributed by atoms with Crippen LogP contribution in [0.15, 0.2) is 0 Å². The zero-order valence-corrected chi connectivity index (χ0v) is 6.42. The van der Waals surface area contributed by atoms with E-state index in [-0.39, 0.29) is 22.4 Å². The molecule has 4 nitrogen and oxygen atoms in total. The molecular formula is AsAuO4. The van der Waals surface area contributed by atoms with E-state index >= 15 is 0 Å². The summed E-state index contributed by atoms with van der Waals surface area (Å²) in [6.07, 6.45) is 0. The Balaban J connectivity index is 0. The maximum Gasteiger partial charge on any atom is 3.00 e. The van der Waals surface area contributed by atoms with Crippen molar-refractivity contribution >= 4 is 14.5 Å². The summed E-state index contributed by atoms with van der Waals surface area (Å²) in [7, 11) is 0. The van der Waals surface area contributed by atoms with Gasteiger partial charge in [0.25, 0.3) is 0 Å². The summed E-state index contributed by atoms with van der Waals surface area (Å²) < 4.78 is 34.4. The first-order valence-electron chi connectivity index (χ1n) is 0.730. The summed E-state index contributed by atoms with van der Waals surface area (Å²) in [6, 6.07) is 0. The number of hydrogen-bond acceptors (Lipinski definition) is 4. The second kappa shape index (κ2) is 3.04. The Morgan fingerprint density at radius 1 is 1.17 bits per heavy atom. The third-order valence-corrected chi connectivity index (χ3v) is 0. The van der Waals surface area contributed by atoms with Crippen LogP contribution in [0.2, 0.25) is 0 Å². The molecular weight excluding hydrogens is 336 g/mol. The summed E-state index contributed by atoms with van der Waals surface area (Å²) in [6.45, 7) is 0. The molecule has 0 atom stereocenters. The average Bonchev–Trinajstić information content (AvgIpc) is 0.722. The van der Waals surface area contributed by atoms with Crippen molar-refractivity contribution in [1.29, 1.82) is 0 Å². The van der Waals surface area contributed by atoms with Gasteiger partial charge in [-0.05, 0) is 0 Å². The van der Waals surface area contributed by atoms with E-state index in [1.165, 1.54) is 0 Å². The SMILES string of the molecule is O=[As]([O-])([O-])[O-].[Au+3]. The summed E-state index contributed by atoms with van der Waals surface area (Å²) in [5.74, 6) is 0. The van der Waals surface area contributed by atoms with Gasteiger partial charge in [0, 0.05) is 0 Å². The van der Waals surface area contributed by atoms with Crippen molar-refractivity contribution in [2.24, 2.45) is 0 Å².